The van der Waals surface area contributed by atoms with E-state index in [1.807, 2.05) is 0 Å². The molecular formula is C18H27F4N3O8S3. The van der Waals surface area contributed by atoms with Gasteiger partial charge >= 0.3 is 20.8 Å². The van der Waals surface area contributed by atoms with Crippen LogP contribution < -0.4 is 4.13 Å². The smallest absolute Gasteiger partial charge is 0.340 e. The second-order valence-electron chi connectivity index (χ2n) is 9.77. The van der Waals surface area contributed by atoms with Crippen LogP contribution in [-0.4, -0.2) is 83.2 Å². The first-order chi connectivity index (χ1) is 16.4. The lowest BCUT2D eigenvalue weighted by Crippen LogP contribution is -2.62. The number of halogens is 4. The number of carbonyl (C=O) groups excluding carboxylic acids is 1. The van der Waals surface area contributed by atoms with Crippen LogP contribution in [0.3, 0.4) is 0 Å². The number of nitrogens with zero attached hydrogens (tertiary/aromatic N) is 2. The van der Waals surface area contributed by atoms with Gasteiger partial charge in [0.25, 0.3) is 20.0 Å². The third-order valence-corrected chi connectivity index (χ3v) is 13.1. The summed E-state index contributed by atoms with van der Waals surface area (Å²) in [5.74, 6) is -0.00346. The predicted octanol–water partition coefficient (Wildman–Crippen LogP) is 0.671. The van der Waals surface area contributed by atoms with Crippen molar-refractivity contribution in [2.24, 2.45) is 23.7 Å². The van der Waals surface area contributed by atoms with E-state index in [1.165, 1.54) is 0 Å². The normalized spacial score (nSPS) is 32.1. The quantitative estimate of drug-likeness (QED) is 0.409. The molecule has 0 aromatic rings. The topological polar surface area (TPSA) is 147 Å². The summed E-state index contributed by atoms with van der Waals surface area (Å²) < 4.78 is 137. The Hall–Kier alpha value is -1.08. The fraction of sp³-hybridized carbons (Fsp3) is 0.944. The van der Waals surface area contributed by atoms with E-state index in [0.717, 1.165) is 31.1 Å². The lowest BCUT2D eigenvalue weighted by atomic mass is 9.80. The van der Waals surface area contributed by atoms with Crippen LogP contribution in [0.5, 0.6) is 0 Å². The summed E-state index contributed by atoms with van der Waals surface area (Å²) in [5, 5.41) is -12.6. The number of alkyl halides is 4. The van der Waals surface area contributed by atoms with Crippen molar-refractivity contribution in [3.8, 4) is 0 Å². The van der Waals surface area contributed by atoms with Gasteiger partial charge in [0, 0.05) is 33.1 Å². The molecule has 4 aliphatic rings. The average Bonchev–Trinajstić information content (AvgIpc) is 3.46. The highest BCUT2D eigenvalue weighted by Gasteiger charge is 2.75. The lowest BCUT2D eigenvalue weighted by molar-refractivity contribution is -0.130. The highest BCUT2D eigenvalue weighted by Crippen LogP contribution is 2.59. The highest BCUT2D eigenvalue weighted by atomic mass is 32.3. The molecule has 0 radical (unpaired) electrons. The number of sulfonamides is 2. The third kappa shape index (κ3) is 4.44. The van der Waals surface area contributed by atoms with Crippen molar-refractivity contribution in [1.29, 1.82) is 0 Å². The molecule has 1 heterocycles. The van der Waals surface area contributed by atoms with Crippen LogP contribution in [-0.2, 0) is 39.3 Å². The van der Waals surface area contributed by atoms with Crippen LogP contribution in [0.1, 0.15) is 39.0 Å². The third-order valence-electron chi connectivity index (χ3n) is 7.85. The molecule has 1 amide bonds. The Morgan fingerprint density at radius 3 is 2.03 bits per heavy atom. The zero-order valence-electron chi connectivity index (χ0n) is 19.1. The summed E-state index contributed by atoms with van der Waals surface area (Å²) in [6.07, 6.45) is 2.69. The Morgan fingerprint density at radius 1 is 0.861 bits per heavy atom. The number of piperazine rings is 1. The minimum Gasteiger partial charge on any atom is -0.340 e. The van der Waals surface area contributed by atoms with E-state index in [2.05, 4.69) is 0 Å². The van der Waals surface area contributed by atoms with Crippen LogP contribution in [0.25, 0.3) is 0 Å². The van der Waals surface area contributed by atoms with Crippen LogP contribution in [0, 0.1) is 23.7 Å². The second kappa shape index (κ2) is 9.00. The van der Waals surface area contributed by atoms with Gasteiger partial charge in [-0.1, -0.05) is 10.5 Å². The summed E-state index contributed by atoms with van der Waals surface area (Å²) in [4.78, 5) is 12.4. The van der Waals surface area contributed by atoms with E-state index >= 15 is 0 Å². The lowest BCUT2D eigenvalue weighted by Gasteiger charge is -2.36. The van der Waals surface area contributed by atoms with Crippen molar-refractivity contribution < 1.29 is 51.8 Å². The number of nitrogens with one attached hydrogen (secondary N) is 1. The largest absolute Gasteiger partial charge is 0.438 e. The van der Waals surface area contributed by atoms with Gasteiger partial charge in [0.1, 0.15) is 0 Å². The standard InChI is InChI=1S/C18H27F4N3O8S3/c1-11(26)24-5-7-25(8-6-24)35(29,30)18(21,22)17(19,20)34(27,28)23-36(31,32)33-16-10-12-9-15(16)14-4-2-3-13(12)14/h12-16,23H,2-10H2,1H3. The Bertz CT molecular complexity index is 1220. The summed E-state index contributed by atoms with van der Waals surface area (Å²) in [6, 6.07) is 0. The molecule has 208 valence electrons. The molecule has 18 heteroatoms. The van der Waals surface area contributed by atoms with E-state index in [4.69, 9.17) is 4.18 Å². The van der Waals surface area contributed by atoms with Crippen molar-refractivity contribution in [1.82, 2.24) is 13.3 Å². The van der Waals surface area contributed by atoms with E-state index in [-0.39, 0.29) is 41.6 Å². The van der Waals surface area contributed by atoms with Gasteiger partial charge in [-0.3, -0.25) is 8.98 Å². The molecule has 5 atom stereocenters. The summed E-state index contributed by atoms with van der Waals surface area (Å²) >= 11 is 0. The van der Waals surface area contributed by atoms with Crippen LogP contribution in [0.2, 0.25) is 0 Å². The Balaban J connectivity index is 1.48. The molecule has 0 aromatic carbocycles. The molecule has 3 aliphatic carbocycles. The number of hydrogen-bond acceptors (Lipinski definition) is 8. The maximum absolute atomic E-state index is 14.6. The molecular weight excluding hydrogens is 558 g/mol. The molecule has 0 aromatic heterocycles. The number of hydrogen-bond donors (Lipinski definition) is 1. The second-order valence-corrected chi connectivity index (χ2v) is 15.0. The molecule has 4 fully saturated rings. The minimum absolute atomic E-state index is 0.0614. The van der Waals surface area contributed by atoms with Crippen molar-refractivity contribution in [3.63, 3.8) is 0 Å². The zero-order valence-corrected chi connectivity index (χ0v) is 21.6. The van der Waals surface area contributed by atoms with Gasteiger partial charge in [-0.25, -0.2) is 16.8 Å². The molecule has 3 saturated carbocycles. The first-order valence-electron chi connectivity index (χ1n) is 11.4. The zero-order chi connectivity index (χ0) is 26.9. The number of amides is 1. The van der Waals surface area contributed by atoms with Gasteiger partial charge < -0.3 is 4.90 Å². The minimum atomic E-state index is -6.81. The number of rotatable bonds is 8. The molecule has 4 rings (SSSR count). The van der Waals surface area contributed by atoms with Gasteiger partial charge in [-0.2, -0.15) is 30.3 Å². The van der Waals surface area contributed by atoms with Crippen molar-refractivity contribution in [2.75, 3.05) is 26.2 Å². The van der Waals surface area contributed by atoms with Crippen molar-refractivity contribution in [2.45, 2.75) is 55.6 Å². The molecule has 2 bridgehead atoms. The van der Waals surface area contributed by atoms with Crippen LogP contribution in [0.15, 0.2) is 0 Å². The molecule has 1 saturated heterocycles. The van der Waals surface area contributed by atoms with Gasteiger partial charge in [0.2, 0.25) is 5.91 Å². The van der Waals surface area contributed by atoms with Gasteiger partial charge in [-0.15, -0.1) is 0 Å². The van der Waals surface area contributed by atoms with Crippen LogP contribution in [0.4, 0.5) is 17.6 Å². The van der Waals surface area contributed by atoms with Crippen molar-refractivity contribution >= 4 is 36.3 Å². The summed E-state index contributed by atoms with van der Waals surface area (Å²) in [7, 11) is -18.6. The highest BCUT2D eigenvalue weighted by molar-refractivity contribution is 8.04. The monoisotopic (exact) mass is 585 g/mol. The maximum Gasteiger partial charge on any atom is 0.438 e. The predicted molar refractivity (Wildman–Crippen MR) is 116 cm³/mol. The Kier molecular flexibility index (Phi) is 6.98. The maximum atomic E-state index is 14.6. The van der Waals surface area contributed by atoms with Gasteiger partial charge in [-0.05, 0) is 49.4 Å². The van der Waals surface area contributed by atoms with E-state index in [1.54, 1.807) is 0 Å². The fourth-order valence-corrected chi connectivity index (χ4v) is 10.6. The fourth-order valence-electron chi connectivity index (χ4n) is 6.20. The van der Waals surface area contributed by atoms with Gasteiger partial charge in [0.15, 0.2) is 0 Å². The molecule has 36 heavy (non-hydrogen) atoms. The van der Waals surface area contributed by atoms with Crippen LogP contribution >= 0.6 is 0 Å². The first-order valence-corrected chi connectivity index (χ1v) is 15.7. The summed E-state index contributed by atoms with van der Waals surface area (Å²) in [6.45, 7) is -1.19. The molecule has 0 spiro atoms. The molecule has 11 nitrogen and oxygen atoms in total. The summed E-state index contributed by atoms with van der Waals surface area (Å²) in [5.41, 5.74) is 0. The number of carbonyl (C=O) groups is 1. The SMILES string of the molecule is CC(=O)N1CCN(S(=O)(=O)C(F)(F)C(F)(F)S(=O)(=O)NS(=O)(=O)OC2CC3CC2C2CCCC32)CC1. The van der Waals surface area contributed by atoms with Gasteiger partial charge in [0.05, 0.1) is 6.10 Å². The van der Waals surface area contributed by atoms with Crippen molar-refractivity contribution in [3.05, 3.63) is 0 Å². The Labute approximate surface area is 206 Å². The van der Waals surface area contributed by atoms with E-state index in [9.17, 15) is 47.6 Å². The average molecular weight is 586 g/mol. The molecule has 5 unspecified atom stereocenters. The van der Waals surface area contributed by atoms with E-state index in [0.29, 0.717) is 16.5 Å². The Morgan fingerprint density at radius 2 is 1.44 bits per heavy atom. The first kappa shape index (κ1) is 27.9. The van der Waals surface area contributed by atoms with E-state index < -0.39 is 66.0 Å². The number of fused-ring (bicyclic) bond motifs is 5. The molecule has 1 N–H and O–H groups in total. The molecule has 1 aliphatic heterocycles.